The van der Waals surface area contributed by atoms with Gasteiger partial charge in [0.1, 0.15) is 5.56 Å². The van der Waals surface area contributed by atoms with Crippen LogP contribution in [0.5, 0.6) is 0 Å². The number of nitrogens with zero attached hydrogens (tertiary/aromatic N) is 5. The summed E-state index contributed by atoms with van der Waals surface area (Å²) in [4.78, 5) is 32.9. The van der Waals surface area contributed by atoms with Crippen LogP contribution >= 0.6 is 0 Å². The normalized spacial score (nSPS) is 24.9. The van der Waals surface area contributed by atoms with Gasteiger partial charge < -0.3 is 15.0 Å². The molecule has 150 valence electrons. The summed E-state index contributed by atoms with van der Waals surface area (Å²) in [6.45, 7) is 4.01. The van der Waals surface area contributed by atoms with E-state index in [1.807, 2.05) is 13.1 Å². The fourth-order valence-electron chi connectivity index (χ4n) is 3.94. The summed E-state index contributed by atoms with van der Waals surface area (Å²) in [6, 6.07) is 0.325. The van der Waals surface area contributed by atoms with Crippen LogP contribution in [0.4, 0.5) is 0 Å². The van der Waals surface area contributed by atoms with Gasteiger partial charge >= 0.3 is 0 Å². The molecule has 0 aliphatic carbocycles. The molecule has 2 aliphatic rings. The van der Waals surface area contributed by atoms with Gasteiger partial charge in [0.25, 0.3) is 5.91 Å². The molecule has 2 aromatic heterocycles. The molecule has 2 aliphatic heterocycles. The Morgan fingerprint density at radius 1 is 1.32 bits per heavy atom. The summed E-state index contributed by atoms with van der Waals surface area (Å²) in [6.07, 6.45) is 6.28. The molecule has 4 rings (SSSR count). The van der Waals surface area contributed by atoms with E-state index in [2.05, 4.69) is 20.3 Å². The van der Waals surface area contributed by atoms with E-state index in [9.17, 15) is 9.59 Å². The van der Waals surface area contributed by atoms with E-state index in [4.69, 9.17) is 4.74 Å². The first-order chi connectivity index (χ1) is 13.4. The number of morpholine rings is 1. The Kier molecular flexibility index (Phi) is 5.03. The van der Waals surface area contributed by atoms with Gasteiger partial charge in [-0.1, -0.05) is 0 Å². The lowest BCUT2D eigenvalue weighted by Crippen LogP contribution is -2.47. The Hall–Kier alpha value is -2.52. The van der Waals surface area contributed by atoms with Crippen molar-refractivity contribution in [2.24, 2.45) is 0 Å². The van der Waals surface area contributed by atoms with Crippen LogP contribution in [0.25, 0.3) is 5.65 Å². The molecular weight excluding hydrogens is 360 g/mol. The molecule has 1 N–H and O–H groups in total. The van der Waals surface area contributed by atoms with Gasteiger partial charge in [0.2, 0.25) is 5.91 Å². The zero-order chi connectivity index (χ0) is 19.8. The molecule has 3 atom stereocenters. The zero-order valence-electron chi connectivity index (χ0n) is 16.5. The van der Waals surface area contributed by atoms with Crippen molar-refractivity contribution in [1.29, 1.82) is 0 Å². The molecule has 0 bridgehead atoms. The van der Waals surface area contributed by atoms with Crippen LogP contribution in [-0.2, 0) is 9.53 Å². The van der Waals surface area contributed by atoms with E-state index in [-0.39, 0.29) is 30.0 Å². The number of hydrogen-bond donors (Lipinski definition) is 1. The largest absolute Gasteiger partial charge is 0.375 e. The third kappa shape index (κ3) is 3.72. The summed E-state index contributed by atoms with van der Waals surface area (Å²) in [7, 11) is 3.51. The van der Waals surface area contributed by atoms with Gasteiger partial charge in [-0.3, -0.25) is 14.5 Å². The highest BCUT2D eigenvalue weighted by Crippen LogP contribution is 2.25. The number of hydrogen-bond acceptors (Lipinski definition) is 6. The number of aryl methyl sites for hydroxylation is 1. The first-order valence-corrected chi connectivity index (χ1v) is 9.57. The van der Waals surface area contributed by atoms with Crippen LogP contribution in [0.15, 0.2) is 18.6 Å². The third-order valence-corrected chi connectivity index (χ3v) is 5.46. The Balaban J connectivity index is 1.37. The molecule has 9 heteroatoms. The molecule has 0 saturated carbocycles. The third-order valence-electron chi connectivity index (χ3n) is 5.46. The first-order valence-electron chi connectivity index (χ1n) is 9.57. The summed E-state index contributed by atoms with van der Waals surface area (Å²) in [5.74, 6) is -0.0835. The summed E-state index contributed by atoms with van der Waals surface area (Å²) >= 11 is 0. The maximum atomic E-state index is 12.7. The van der Waals surface area contributed by atoms with Gasteiger partial charge in [0.05, 0.1) is 25.3 Å². The van der Waals surface area contributed by atoms with E-state index in [1.54, 1.807) is 35.9 Å². The van der Waals surface area contributed by atoms with Gasteiger partial charge in [0, 0.05) is 51.7 Å². The molecular formula is C19H26N6O3. The topological polar surface area (TPSA) is 92.1 Å². The minimum atomic E-state index is -0.156. The quantitative estimate of drug-likeness (QED) is 0.801. The van der Waals surface area contributed by atoms with E-state index < -0.39 is 0 Å². The predicted octanol–water partition coefficient (Wildman–Crippen LogP) is 0.0875. The molecule has 0 aromatic carbocycles. The maximum absolute atomic E-state index is 12.7. The van der Waals surface area contributed by atoms with Crippen molar-refractivity contribution in [3.8, 4) is 0 Å². The van der Waals surface area contributed by atoms with Crippen LogP contribution in [0, 0.1) is 6.92 Å². The summed E-state index contributed by atoms with van der Waals surface area (Å²) in [5, 5.41) is 7.34. The highest BCUT2D eigenvalue weighted by atomic mass is 16.5. The number of carbonyl (C=O) groups is 2. The maximum Gasteiger partial charge on any atom is 0.257 e. The lowest BCUT2D eigenvalue weighted by Gasteiger charge is -2.35. The molecule has 2 aromatic rings. The Labute approximate surface area is 163 Å². The van der Waals surface area contributed by atoms with Crippen molar-refractivity contribution in [1.82, 2.24) is 29.7 Å². The highest BCUT2D eigenvalue weighted by molar-refractivity contribution is 5.99. The van der Waals surface area contributed by atoms with E-state index in [0.717, 1.165) is 18.5 Å². The van der Waals surface area contributed by atoms with Crippen molar-refractivity contribution in [3.05, 3.63) is 29.7 Å². The number of ether oxygens (including phenoxy) is 1. The molecule has 2 amide bonds. The monoisotopic (exact) mass is 386 g/mol. The van der Waals surface area contributed by atoms with Crippen LogP contribution < -0.4 is 5.32 Å². The van der Waals surface area contributed by atoms with Crippen molar-refractivity contribution in [2.75, 3.05) is 33.8 Å². The van der Waals surface area contributed by atoms with E-state index in [0.29, 0.717) is 30.8 Å². The van der Waals surface area contributed by atoms with Gasteiger partial charge in [-0.2, -0.15) is 5.10 Å². The second-order valence-electron chi connectivity index (χ2n) is 7.92. The number of carbonyl (C=O) groups excluding carboxylic acids is 2. The Morgan fingerprint density at radius 3 is 2.93 bits per heavy atom. The summed E-state index contributed by atoms with van der Waals surface area (Å²) in [5.41, 5.74) is 2.03. The lowest BCUT2D eigenvalue weighted by molar-refractivity contribution is -0.134. The smallest absolute Gasteiger partial charge is 0.257 e. The molecule has 2 saturated heterocycles. The van der Waals surface area contributed by atoms with Crippen molar-refractivity contribution in [3.63, 3.8) is 0 Å². The van der Waals surface area contributed by atoms with Crippen molar-refractivity contribution >= 4 is 17.5 Å². The molecule has 0 unspecified atom stereocenters. The standard InChI is InChI=1S/C19H26N6O3/c1-12-6-20-18-16(7-21-25(18)8-12)19(27)22-13-4-14-11-28-15(10-24(14)9-13)5-17(26)23(2)3/h6-8,13-15H,4-5,9-11H2,1-3H3,(H,22,27)/t13-,14-,15-/m0/s1. The average Bonchev–Trinajstić information content (AvgIpc) is 3.23. The second-order valence-corrected chi connectivity index (χ2v) is 7.92. The predicted molar refractivity (Wildman–Crippen MR) is 102 cm³/mol. The van der Waals surface area contributed by atoms with Gasteiger partial charge in [0.15, 0.2) is 5.65 Å². The summed E-state index contributed by atoms with van der Waals surface area (Å²) < 4.78 is 7.51. The SMILES string of the molecule is Cc1cnc2c(C(=O)N[C@H]3C[C@H]4CO[C@@H](CC(=O)N(C)C)CN4C3)cnn2c1. The van der Waals surface area contributed by atoms with Gasteiger partial charge in [-0.25, -0.2) is 9.50 Å². The molecule has 28 heavy (non-hydrogen) atoms. The van der Waals surface area contributed by atoms with Crippen molar-refractivity contribution < 1.29 is 14.3 Å². The second kappa shape index (κ2) is 7.48. The number of amides is 2. The fraction of sp³-hybridized carbons (Fsp3) is 0.579. The molecule has 4 heterocycles. The first kappa shape index (κ1) is 18.8. The number of nitrogens with one attached hydrogen (secondary N) is 1. The number of aromatic nitrogens is 3. The van der Waals surface area contributed by atoms with Gasteiger partial charge in [-0.15, -0.1) is 0 Å². The fourth-order valence-corrected chi connectivity index (χ4v) is 3.94. The Morgan fingerprint density at radius 2 is 2.14 bits per heavy atom. The van der Waals surface area contributed by atoms with E-state index in [1.165, 1.54) is 0 Å². The van der Waals surface area contributed by atoms with Crippen molar-refractivity contribution in [2.45, 2.75) is 38.0 Å². The number of fused-ring (bicyclic) bond motifs is 2. The molecule has 0 radical (unpaired) electrons. The number of rotatable bonds is 4. The molecule has 2 fully saturated rings. The van der Waals surface area contributed by atoms with Crippen LogP contribution in [0.2, 0.25) is 0 Å². The molecule has 0 spiro atoms. The highest BCUT2D eigenvalue weighted by Gasteiger charge is 2.38. The van der Waals surface area contributed by atoms with Crippen LogP contribution in [0.1, 0.15) is 28.8 Å². The molecule has 9 nitrogen and oxygen atoms in total. The Bertz CT molecular complexity index is 895. The minimum absolute atomic E-state index is 0.0461. The minimum Gasteiger partial charge on any atom is -0.375 e. The zero-order valence-corrected chi connectivity index (χ0v) is 16.5. The van der Waals surface area contributed by atoms with Crippen LogP contribution in [-0.4, -0.2) is 88.2 Å². The van der Waals surface area contributed by atoms with Crippen LogP contribution in [0.3, 0.4) is 0 Å². The lowest BCUT2D eigenvalue weighted by atomic mass is 10.1. The van der Waals surface area contributed by atoms with E-state index >= 15 is 0 Å². The van der Waals surface area contributed by atoms with Gasteiger partial charge in [-0.05, 0) is 18.9 Å². The average molecular weight is 386 g/mol.